The molecule has 166 valence electrons. The highest BCUT2D eigenvalue weighted by atomic mass is 32.1. The topological polar surface area (TPSA) is 140 Å². The molecule has 0 unspecified atom stereocenters. The number of ether oxygens (including phenoxy) is 4. The number of amides is 1. The van der Waals surface area contributed by atoms with Crippen molar-refractivity contribution in [1.29, 1.82) is 0 Å². The first-order valence-electron chi connectivity index (χ1n) is 9.01. The number of aromatic nitrogens is 3. The molecule has 30 heavy (non-hydrogen) atoms. The SMILES string of the molecule is CC(=O)N[C@@H]1[C@H](OC(C)=O)[C@H](OC(C)=O)[C@H](COC(C)=O)O[C@H]1n1ncn(C)c1=S. The quantitative estimate of drug-likeness (QED) is 0.356. The lowest BCUT2D eigenvalue weighted by molar-refractivity contribution is -0.239. The minimum Gasteiger partial charge on any atom is -0.463 e. The van der Waals surface area contributed by atoms with Crippen molar-refractivity contribution in [3.8, 4) is 0 Å². The molecular formula is C17H24N4O8S. The van der Waals surface area contributed by atoms with Crippen molar-refractivity contribution in [3.63, 3.8) is 0 Å². The summed E-state index contributed by atoms with van der Waals surface area (Å²) >= 11 is 5.34. The smallest absolute Gasteiger partial charge is 0.303 e. The predicted molar refractivity (Wildman–Crippen MR) is 101 cm³/mol. The summed E-state index contributed by atoms with van der Waals surface area (Å²) in [6, 6.07) is -1.01. The minimum atomic E-state index is -1.17. The third-order valence-corrected chi connectivity index (χ3v) is 4.65. The molecule has 1 amide bonds. The van der Waals surface area contributed by atoms with Crippen molar-refractivity contribution >= 4 is 36.0 Å². The second-order valence-electron chi connectivity index (χ2n) is 6.71. The molecule has 1 aliphatic heterocycles. The van der Waals surface area contributed by atoms with E-state index in [1.165, 1.54) is 38.7 Å². The molecule has 1 aromatic rings. The number of nitrogens with one attached hydrogen (secondary N) is 1. The Morgan fingerprint density at radius 2 is 1.70 bits per heavy atom. The van der Waals surface area contributed by atoms with Crippen LogP contribution in [-0.4, -0.2) is 69.1 Å². The van der Waals surface area contributed by atoms with Gasteiger partial charge in [0.15, 0.2) is 23.2 Å². The lowest BCUT2D eigenvalue weighted by Gasteiger charge is -2.45. The van der Waals surface area contributed by atoms with Crippen LogP contribution in [0.3, 0.4) is 0 Å². The van der Waals surface area contributed by atoms with Crippen LogP contribution in [0.4, 0.5) is 0 Å². The van der Waals surface area contributed by atoms with Crippen LogP contribution in [0.1, 0.15) is 33.9 Å². The highest BCUT2D eigenvalue weighted by Gasteiger charge is 2.52. The van der Waals surface area contributed by atoms with Crippen LogP contribution < -0.4 is 5.32 Å². The van der Waals surface area contributed by atoms with Crippen LogP contribution in [0.5, 0.6) is 0 Å². The lowest BCUT2D eigenvalue weighted by atomic mass is 9.95. The van der Waals surface area contributed by atoms with Crippen molar-refractivity contribution < 1.29 is 38.1 Å². The average molecular weight is 444 g/mol. The van der Waals surface area contributed by atoms with Gasteiger partial charge in [0.1, 0.15) is 25.1 Å². The Hall–Kier alpha value is -2.80. The third kappa shape index (κ3) is 5.63. The fraction of sp³-hybridized carbons (Fsp3) is 0.647. The second-order valence-corrected chi connectivity index (χ2v) is 7.08. The van der Waals surface area contributed by atoms with Gasteiger partial charge in [-0.3, -0.25) is 19.2 Å². The van der Waals surface area contributed by atoms with Gasteiger partial charge in [0.2, 0.25) is 5.91 Å². The maximum absolute atomic E-state index is 11.9. The molecule has 0 spiro atoms. The van der Waals surface area contributed by atoms with Crippen LogP contribution in [0.2, 0.25) is 0 Å². The molecule has 2 heterocycles. The van der Waals surface area contributed by atoms with Gasteiger partial charge in [-0.05, 0) is 12.2 Å². The zero-order valence-corrected chi connectivity index (χ0v) is 18.0. The first-order valence-corrected chi connectivity index (χ1v) is 9.42. The van der Waals surface area contributed by atoms with Crippen molar-refractivity contribution in [1.82, 2.24) is 19.7 Å². The highest BCUT2D eigenvalue weighted by Crippen LogP contribution is 2.32. The molecule has 1 saturated heterocycles. The van der Waals surface area contributed by atoms with Crippen LogP contribution in [0.25, 0.3) is 0 Å². The number of esters is 3. The van der Waals surface area contributed by atoms with E-state index in [1.54, 1.807) is 11.6 Å². The Morgan fingerprint density at radius 1 is 1.10 bits per heavy atom. The Morgan fingerprint density at radius 3 is 2.17 bits per heavy atom. The maximum Gasteiger partial charge on any atom is 0.303 e. The average Bonchev–Trinajstić information content (AvgIpc) is 2.94. The fourth-order valence-electron chi connectivity index (χ4n) is 3.09. The molecule has 0 aromatic carbocycles. The van der Waals surface area contributed by atoms with Crippen molar-refractivity contribution in [2.45, 2.75) is 58.3 Å². The third-order valence-electron chi connectivity index (χ3n) is 4.18. The maximum atomic E-state index is 11.9. The second kappa shape index (κ2) is 9.80. The van der Waals surface area contributed by atoms with Crippen LogP contribution in [0, 0.1) is 4.77 Å². The molecule has 13 heteroatoms. The van der Waals surface area contributed by atoms with Gasteiger partial charge in [-0.1, -0.05) is 0 Å². The first-order chi connectivity index (χ1) is 14.0. The number of carbonyl (C=O) groups excluding carboxylic acids is 4. The van der Waals surface area contributed by atoms with E-state index in [0.717, 1.165) is 0 Å². The molecule has 12 nitrogen and oxygen atoms in total. The molecule has 0 aliphatic carbocycles. The van der Waals surface area contributed by atoms with Crippen LogP contribution >= 0.6 is 12.2 Å². The van der Waals surface area contributed by atoms with E-state index in [-0.39, 0.29) is 11.4 Å². The van der Waals surface area contributed by atoms with Crippen molar-refractivity contribution in [3.05, 3.63) is 11.1 Å². The summed E-state index contributed by atoms with van der Waals surface area (Å²) in [5, 5.41) is 6.82. The molecule has 2 rings (SSSR count). The number of nitrogens with zero attached hydrogens (tertiary/aromatic N) is 3. The Kier molecular flexibility index (Phi) is 7.67. The summed E-state index contributed by atoms with van der Waals surface area (Å²) in [5.41, 5.74) is 0. The zero-order valence-electron chi connectivity index (χ0n) is 17.2. The molecule has 1 aliphatic rings. The fourth-order valence-corrected chi connectivity index (χ4v) is 3.28. The molecule has 1 fully saturated rings. The van der Waals surface area contributed by atoms with E-state index in [4.69, 9.17) is 31.2 Å². The minimum absolute atomic E-state index is 0.258. The lowest BCUT2D eigenvalue weighted by Crippen LogP contribution is -2.64. The van der Waals surface area contributed by atoms with Crippen LogP contribution in [-0.2, 0) is 45.2 Å². The van der Waals surface area contributed by atoms with E-state index < -0.39 is 54.4 Å². The van der Waals surface area contributed by atoms with Gasteiger partial charge in [-0.25, -0.2) is 4.68 Å². The number of rotatable bonds is 6. The number of carbonyl (C=O) groups is 4. The first kappa shape index (κ1) is 23.5. The van der Waals surface area contributed by atoms with Crippen molar-refractivity contribution in [2.24, 2.45) is 7.05 Å². The summed E-state index contributed by atoms with van der Waals surface area (Å²) in [6.07, 6.45) is -2.97. The monoisotopic (exact) mass is 444 g/mol. The summed E-state index contributed by atoms with van der Waals surface area (Å²) in [6.45, 7) is 4.52. The van der Waals surface area contributed by atoms with Crippen LogP contribution in [0.15, 0.2) is 6.33 Å². The van der Waals surface area contributed by atoms with E-state index in [1.807, 2.05) is 0 Å². The van der Waals surface area contributed by atoms with Gasteiger partial charge in [-0.2, -0.15) is 5.10 Å². The van der Waals surface area contributed by atoms with E-state index in [0.29, 0.717) is 0 Å². The Bertz CT molecular complexity index is 881. The summed E-state index contributed by atoms with van der Waals surface area (Å²) in [7, 11) is 1.67. The molecule has 0 saturated carbocycles. The molecule has 0 radical (unpaired) electrons. The van der Waals surface area contributed by atoms with Gasteiger partial charge in [0.25, 0.3) is 0 Å². The summed E-state index contributed by atoms with van der Waals surface area (Å²) in [4.78, 5) is 46.7. The number of hydrogen-bond donors (Lipinski definition) is 1. The van der Waals surface area contributed by atoms with E-state index in [9.17, 15) is 19.2 Å². The van der Waals surface area contributed by atoms with Gasteiger partial charge >= 0.3 is 17.9 Å². The molecule has 1 N–H and O–H groups in total. The van der Waals surface area contributed by atoms with E-state index >= 15 is 0 Å². The molecule has 5 atom stereocenters. The highest BCUT2D eigenvalue weighted by molar-refractivity contribution is 7.71. The summed E-state index contributed by atoms with van der Waals surface area (Å²) < 4.78 is 24.9. The van der Waals surface area contributed by atoms with Gasteiger partial charge in [0, 0.05) is 34.7 Å². The summed E-state index contributed by atoms with van der Waals surface area (Å²) in [5.74, 6) is -2.39. The predicted octanol–water partition coefficient (Wildman–Crippen LogP) is -0.220. The Labute approximate surface area is 177 Å². The van der Waals surface area contributed by atoms with Crippen molar-refractivity contribution in [2.75, 3.05) is 6.61 Å². The van der Waals surface area contributed by atoms with Gasteiger partial charge in [0.05, 0.1) is 0 Å². The molecule has 0 bridgehead atoms. The van der Waals surface area contributed by atoms with Gasteiger partial charge in [-0.15, -0.1) is 0 Å². The molecule has 1 aromatic heterocycles. The Balaban J connectivity index is 2.56. The zero-order chi connectivity index (χ0) is 22.6. The number of aryl methyl sites for hydroxylation is 1. The van der Waals surface area contributed by atoms with E-state index in [2.05, 4.69) is 10.4 Å². The number of hydrogen-bond acceptors (Lipinski definition) is 10. The standard InChI is InChI=1S/C17H24N4O8S/c1-8(22)19-13-15(28-11(4)25)14(27-10(3)24)12(6-26-9(2)23)29-16(13)21-17(30)20(5)7-18-21/h7,12-16H,6H2,1-5H3,(H,19,22)/t12-,13+,14+,15-,16+/m0/s1. The largest absolute Gasteiger partial charge is 0.463 e. The van der Waals surface area contributed by atoms with Gasteiger partial charge < -0.3 is 28.8 Å². The molecular weight excluding hydrogens is 420 g/mol. The normalized spacial score (nSPS) is 25.8.